The molecule has 17 heavy (non-hydrogen) atoms. The minimum atomic E-state index is 0.198. The molecule has 1 heterocycles. The van der Waals surface area contributed by atoms with E-state index in [2.05, 4.69) is 31.0 Å². The second-order valence-electron chi connectivity index (χ2n) is 6.43. The summed E-state index contributed by atoms with van der Waals surface area (Å²) in [6, 6.07) is 0.444. The monoisotopic (exact) mass is 238 g/mol. The highest BCUT2D eigenvalue weighted by atomic mass is 16.2. The third-order valence-corrected chi connectivity index (χ3v) is 4.49. The molecule has 1 amide bonds. The fourth-order valence-corrected chi connectivity index (χ4v) is 3.30. The molecular weight excluding hydrogens is 212 g/mol. The maximum atomic E-state index is 12.6. The van der Waals surface area contributed by atoms with E-state index in [-0.39, 0.29) is 11.3 Å². The SMILES string of the molecule is C[C@H]1CN(C(=O)C2CCCCC2(C)C)CCN1. The number of nitrogens with zero attached hydrogens (tertiary/aromatic N) is 1. The smallest absolute Gasteiger partial charge is 0.226 e. The summed E-state index contributed by atoms with van der Waals surface area (Å²) in [7, 11) is 0. The molecule has 2 fully saturated rings. The van der Waals surface area contributed by atoms with Crippen LogP contribution in [0, 0.1) is 11.3 Å². The molecule has 1 saturated heterocycles. The topological polar surface area (TPSA) is 32.3 Å². The van der Waals surface area contributed by atoms with Crippen LogP contribution in [0.4, 0.5) is 0 Å². The number of amides is 1. The molecule has 0 bridgehead atoms. The van der Waals surface area contributed by atoms with Gasteiger partial charge < -0.3 is 10.2 Å². The first-order valence-corrected chi connectivity index (χ1v) is 7.03. The largest absolute Gasteiger partial charge is 0.340 e. The molecule has 3 heteroatoms. The van der Waals surface area contributed by atoms with Crippen molar-refractivity contribution in [3.63, 3.8) is 0 Å². The second-order valence-corrected chi connectivity index (χ2v) is 6.43. The molecule has 1 N–H and O–H groups in total. The summed E-state index contributed by atoms with van der Waals surface area (Å²) < 4.78 is 0. The van der Waals surface area contributed by atoms with Crippen LogP contribution in [0.1, 0.15) is 46.5 Å². The zero-order valence-corrected chi connectivity index (χ0v) is 11.5. The van der Waals surface area contributed by atoms with Gasteiger partial charge in [0, 0.05) is 31.6 Å². The van der Waals surface area contributed by atoms with Gasteiger partial charge in [0.25, 0.3) is 0 Å². The van der Waals surface area contributed by atoms with Gasteiger partial charge in [-0.2, -0.15) is 0 Å². The third kappa shape index (κ3) is 2.82. The van der Waals surface area contributed by atoms with Crippen molar-refractivity contribution in [3.8, 4) is 0 Å². The average Bonchev–Trinajstić information content (AvgIpc) is 2.27. The van der Waals surface area contributed by atoms with Gasteiger partial charge in [-0.05, 0) is 25.2 Å². The molecule has 0 aromatic carbocycles. The molecule has 0 aromatic heterocycles. The molecule has 1 unspecified atom stereocenters. The van der Waals surface area contributed by atoms with E-state index in [4.69, 9.17) is 0 Å². The van der Waals surface area contributed by atoms with Crippen molar-refractivity contribution >= 4 is 5.91 Å². The number of hydrogen-bond acceptors (Lipinski definition) is 2. The van der Waals surface area contributed by atoms with Crippen LogP contribution in [0.15, 0.2) is 0 Å². The Morgan fingerprint density at radius 2 is 2.12 bits per heavy atom. The highest BCUT2D eigenvalue weighted by molar-refractivity contribution is 5.80. The van der Waals surface area contributed by atoms with Crippen LogP contribution in [0.25, 0.3) is 0 Å². The van der Waals surface area contributed by atoms with Gasteiger partial charge in [0.1, 0.15) is 0 Å². The van der Waals surface area contributed by atoms with Gasteiger partial charge in [-0.3, -0.25) is 4.79 Å². The van der Waals surface area contributed by atoms with Crippen LogP contribution in [0.2, 0.25) is 0 Å². The van der Waals surface area contributed by atoms with Crippen molar-refractivity contribution < 1.29 is 4.79 Å². The quantitative estimate of drug-likeness (QED) is 0.758. The maximum absolute atomic E-state index is 12.6. The van der Waals surface area contributed by atoms with E-state index in [1.807, 2.05) is 0 Å². The Hall–Kier alpha value is -0.570. The number of piperazine rings is 1. The number of rotatable bonds is 1. The van der Waals surface area contributed by atoms with Gasteiger partial charge >= 0.3 is 0 Å². The predicted molar refractivity (Wildman–Crippen MR) is 69.8 cm³/mol. The summed E-state index contributed by atoms with van der Waals surface area (Å²) in [5.41, 5.74) is 0.198. The minimum absolute atomic E-state index is 0.198. The lowest BCUT2D eigenvalue weighted by Gasteiger charge is -2.42. The summed E-state index contributed by atoms with van der Waals surface area (Å²) in [4.78, 5) is 14.7. The van der Waals surface area contributed by atoms with E-state index in [1.54, 1.807) is 0 Å². The Labute approximate surface area is 105 Å². The Bertz CT molecular complexity index is 288. The van der Waals surface area contributed by atoms with Crippen molar-refractivity contribution in [3.05, 3.63) is 0 Å². The molecule has 2 atom stereocenters. The van der Waals surface area contributed by atoms with Gasteiger partial charge in [0.2, 0.25) is 5.91 Å². The average molecular weight is 238 g/mol. The van der Waals surface area contributed by atoms with Crippen molar-refractivity contribution in [1.82, 2.24) is 10.2 Å². The van der Waals surface area contributed by atoms with E-state index < -0.39 is 0 Å². The van der Waals surface area contributed by atoms with Crippen LogP contribution in [-0.4, -0.2) is 36.5 Å². The van der Waals surface area contributed by atoms with E-state index in [0.717, 1.165) is 26.1 Å². The fourth-order valence-electron chi connectivity index (χ4n) is 3.30. The molecule has 2 aliphatic rings. The van der Waals surface area contributed by atoms with Crippen LogP contribution in [0.5, 0.6) is 0 Å². The van der Waals surface area contributed by atoms with Gasteiger partial charge in [-0.1, -0.05) is 26.7 Å². The normalized spacial score (nSPS) is 33.5. The zero-order valence-electron chi connectivity index (χ0n) is 11.5. The van der Waals surface area contributed by atoms with E-state index in [0.29, 0.717) is 11.9 Å². The van der Waals surface area contributed by atoms with Crippen LogP contribution in [0.3, 0.4) is 0 Å². The molecule has 1 saturated carbocycles. The molecule has 1 aliphatic heterocycles. The molecular formula is C14H26N2O. The standard InChI is InChI=1S/C14H26N2O/c1-11-10-16(9-8-15-11)13(17)12-6-4-5-7-14(12,2)3/h11-12,15H,4-10H2,1-3H3/t11-,12?/m0/s1. The molecule has 1 aliphatic carbocycles. The van der Waals surface area contributed by atoms with Crippen LogP contribution in [-0.2, 0) is 4.79 Å². The molecule has 2 rings (SSSR count). The molecule has 98 valence electrons. The molecule has 0 aromatic rings. The number of carbonyl (C=O) groups is 1. The minimum Gasteiger partial charge on any atom is -0.340 e. The summed E-state index contributed by atoms with van der Waals surface area (Å²) in [6.07, 6.45) is 4.80. The highest BCUT2D eigenvalue weighted by Crippen LogP contribution is 2.41. The van der Waals surface area contributed by atoms with Gasteiger partial charge in [-0.25, -0.2) is 0 Å². The third-order valence-electron chi connectivity index (χ3n) is 4.49. The summed E-state index contributed by atoms with van der Waals surface area (Å²) in [6.45, 7) is 9.40. The van der Waals surface area contributed by atoms with Crippen LogP contribution < -0.4 is 5.32 Å². The Kier molecular flexibility index (Phi) is 3.76. The molecule has 0 radical (unpaired) electrons. The Morgan fingerprint density at radius 3 is 2.76 bits per heavy atom. The van der Waals surface area contributed by atoms with E-state index in [1.165, 1.54) is 19.3 Å². The maximum Gasteiger partial charge on any atom is 0.226 e. The summed E-state index contributed by atoms with van der Waals surface area (Å²) >= 11 is 0. The highest BCUT2D eigenvalue weighted by Gasteiger charge is 2.39. The Morgan fingerprint density at radius 1 is 1.35 bits per heavy atom. The predicted octanol–water partition coefficient (Wildman–Crippen LogP) is 2.02. The van der Waals surface area contributed by atoms with E-state index in [9.17, 15) is 4.79 Å². The second kappa shape index (κ2) is 4.97. The lowest BCUT2D eigenvalue weighted by Crippen LogP contribution is -2.54. The van der Waals surface area contributed by atoms with Crippen molar-refractivity contribution in [1.29, 1.82) is 0 Å². The van der Waals surface area contributed by atoms with Gasteiger partial charge in [0.05, 0.1) is 0 Å². The molecule has 3 nitrogen and oxygen atoms in total. The number of nitrogens with one attached hydrogen (secondary N) is 1. The summed E-state index contributed by atoms with van der Waals surface area (Å²) in [5, 5.41) is 3.40. The van der Waals surface area contributed by atoms with Crippen LogP contribution >= 0.6 is 0 Å². The lowest BCUT2D eigenvalue weighted by molar-refractivity contribution is -0.142. The lowest BCUT2D eigenvalue weighted by atomic mass is 9.68. The Balaban J connectivity index is 2.02. The van der Waals surface area contributed by atoms with E-state index >= 15 is 0 Å². The zero-order chi connectivity index (χ0) is 12.5. The van der Waals surface area contributed by atoms with Crippen molar-refractivity contribution in [2.24, 2.45) is 11.3 Å². The van der Waals surface area contributed by atoms with Crippen molar-refractivity contribution in [2.75, 3.05) is 19.6 Å². The van der Waals surface area contributed by atoms with Gasteiger partial charge in [0.15, 0.2) is 0 Å². The fraction of sp³-hybridized carbons (Fsp3) is 0.929. The van der Waals surface area contributed by atoms with Gasteiger partial charge in [-0.15, -0.1) is 0 Å². The number of carbonyl (C=O) groups excluding carboxylic acids is 1. The first-order chi connectivity index (χ1) is 8.00. The number of hydrogen-bond donors (Lipinski definition) is 1. The first kappa shape index (κ1) is 12.9. The molecule has 0 spiro atoms. The summed E-state index contributed by atoms with van der Waals surface area (Å²) in [5.74, 6) is 0.657. The first-order valence-electron chi connectivity index (χ1n) is 7.03. The van der Waals surface area contributed by atoms with Crippen molar-refractivity contribution in [2.45, 2.75) is 52.5 Å².